The van der Waals surface area contributed by atoms with Gasteiger partial charge in [-0.3, -0.25) is 0 Å². The van der Waals surface area contributed by atoms with E-state index in [1.54, 1.807) is 7.11 Å². The first-order chi connectivity index (χ1) is 10.2. The Labute approximate surface area is 123 Å². The van der Waals surface area contributed by atoms with Gasteiger partial charge in [0.1, 0.15) is 5.75 Å². The van der Waals surface area contributed by atoms with Gasteiger partial charge in [0.15, 0.2) is 0 Å². The van der Waals surface area contributed by atoms with E-state index >= 15 is 0 Å². The molecule has 0 heterocycles. The van der Waals surface area contributed by atoms with Crippen LogP contribution in [-0.2, 0) is 9.53 Å². The molecule has 0 spiro atoms. The van der Waals surface area contributed by atoms with Crippen molar-refractivity contribution in [2.45, 2.75) is 5.92 Å². The van der Waals surface area contributed by atoms with Crippen LogP contribution in [-0.4, -0.2) is 20.2 Å². The van der Waals surface area contributed by atoms with Crippen LogP contribution in [0.4, 0.5) is 0 Å². The van der Waals surface area contributed by atoms with Gasteiger partial charge < -0.3 is 9.47 Å². The third kappa shape index (κ3) is 2.31. The molecule has 21 heavy (non-hydrogen) atoms. The lowest BCUT2D eigenvalue weighted by atomic mass is 9.93. The maximum Gasteiger partial charge on any atom is 0.338 e. The fourth-order valence-electron chi connectivity index (χ4n) is 2.73. The standard InChI is InChI=1S/C18H16O3/c1-20-13-9-7-12(8-10-13)16-11-17(18(19)21-2)15-6-4-3-5-14(15)16/h3-11,16H,1-2H3. The van der Waals surface area contributed by atoms with Crippen molar-refractivity contribution in [1.82, 2.24) is 0 Å². The fraction of sp³-hybridized carbons (Fsp3) is 0.167. The minimum Gasteiger partial charge on any atom is -0.497 e. The zero-order valence-electron chi connectivity index (χ0n) is 12.0. The van der Waals surface area contributed by atoms with E-state index in [1.807, 2.05) is 48.5 Å². The summed E-state index contributed by atoms with van der Waals surface area (Å²) in [4.78, 5) is 11.9. The zero-order valence-corrected chi connectivity index (χ0v) is 12.0. The van der Waals surface area contributed by atoms with E-state index < -0.39 is 0 Å². The normalized spacial score (nSPS) is 16.1. The Bertz CT molecular complexity index is 699. The first kappa shape index (κ1) is 13.4. The van der Waals surface area contributed by atoms with Crippen LogP contribution < -0.4 is 4.74 Å². The summed E-state index contributed by atoms with van der Waals surface area (Å²) in [6.45, 7) is 0. The molecule has 1 aliphatic carbocycles. The van der Waals surface area contributed by atoms with E-state index in [0.29, 0.717) is 5.57 Å². The van der Waals surface area contributed by atoms with Crippen LogP contribution in [0.15, 0.2) is 54.6 Å². The number of methoxy groups -OCH3 is 2. The molecule has 0 N–H and O–H groups in total. The predicted octanol–water partition coefficient (Wildman–Crippen LogP) is 3.40. The Kier molecular flexibility index (Phi) is 3.48. The molecular weight excluding hydrogens is 264 g/mol. The summed E-state index contributed by atoms with van der Waals surface area (Å²) in [5, 5.41) is 0. The van der Waals surface area contributed by atoms with Crippen LogP contribution in [0, 0.1) is 0 Å². The highest BCUT2D eigenvalue weighted by atomic mass is 16.5. The smallest absolute Gasteiger partial charge is 0.338 e. The Morgan fingerprint density at radius 1 is 1.00 bits per heavy atom. The van der Waals surface area contributed by atoms with Crippen molar-refractivity contribution in [1.29, 1.82) is 0 Å². The summed E-state index contributed by atoms with van der Waals surface area (Å²) < 4.78 is 10.1. The first-order valence-electron chi connectivity index (χ1n) is 6.78. The molecule has 3 heteroatoms. The van der Waals surface area contributed by atoms with Crippen LogP contribution >= 0.6 is 0 Å². The van der Waals surface area contributed by atoms with Gasteiger partial charge in [-0.1, -0.05) is 42.5 Å². The molecular formula is C18H16O3. The maximum absolute atomic E-state index is 11.9. The molecule has 0 aromatic heterocycles. The average molecular weight is 280 g/mol. The second-order valence-corrected chi connectivity index (χ2v) is 4.91. The van der Waals surface area contributed by atoms with Gasteiger partial charge in [0.2, 0.25) is 0 Å². The lowest BCUT2D eigenvalue weighted by Gasteiger charge is -2.11. The summed E-state index contributed by atoms with van der Waals surface area (Å²) >= 11 is 0. The summed E-state index contributed by atoms with van der Waals surface area (Å²) in [6.07, 6.45) is 1.97. The quantitative estimate of drug-likeness (QED) is 0.808. The lowest BCUT2D eigenvalue weighted by Crippen LogP contribution is -2.02. The second kappa shape index (κ2) is 5.44. The largest absolute Gasteiger partial charge is 0.497 e. The van der Waals surface area contributed by atoms with Crippen LogP contribution in [0.3, 0.4) is 0 Å². The Hall–Kier alpha value is -2.55. The van der Waals surface area contributed by atoms with Crippen molar-refractivity contribution in [3.8, 4) is 5.75 Å². The van der Waals surface area contributed by atoms with Gasteiger partial charge in [0, 0.05) is 5.92 Å². The van der Waals surface area contributed by atoms with Gasteiger partial charge in [-0.2, -0.15) is 0 Å². The number of carbonyl (C=O) groups is 1. The van der Waals surface area contributed by atoms with Crippen LogP contribution in [0.2, 0.25) is 0 Å². The highest BCUT2D eigenvalue weighted by Gasteiger charge is 2.28. The average Bonchev–Trinajstić information content (AvgIpc) is 2.94. The summed E-state index contributed by atoms with van der Waals surface area (Å²) in [6, 6.07) is 15.9. The van der Waals surface area contributed by atoms with E-state index in [0.717, 1.165) is 22.4 Å². The van der Waals surface area contributed by atoms with Gasteiger partial charge in [-0.25, -0.2) is 4.79 Å². The molecule has 1 atom stereocenters. The van der Waals surface area contributed by atoms with Gasteiger partial charge in [0.05, 0.1) is 19.8 Å². The molecule has 2 aromatic rings. The van der Waals surface area contributed by atoms with Crippen molar-refractivity contribution in [2.75, 3.05) is 14.2 Å². The number of allylic oxidation sites excluding steroid dienone is 1. The van der Waals surface area contributed by atoms with Gasteiger partial charge in [-0.05, 0) is 28.8 Å². The molecule has 0 saturated carbocycles. The maximum atomic E-state index is 11.9. The molecule has 0 aliphatic heterocycles. The van der Waals surface area contributed by atoms with E-state index in [9.17, 15) is 4.79 Å². The predicted molar refractivity (Wildman–Crippen MR) is 81.3 cm³/mol. The number of esters is 1. The topological polar surface area (TPSA) is 35.5 Å². The first-order valence-corrected chi connectivity index (χ1v) is 6.78. The lowest BCUT2D eigenvalue weighted by molar-refractivity contribution is -0.133. The van der Waals surface area contributed by atoms with Gasteiger partial charge in [0.25, 0.3) is 0 Å². The Morgan fingerprint density at radius 2 is 1.71 bits per heavy atom. The Morgan fingerprint density at radius 3 is 2.38 bits per heavy atom. The monoisotopic (exact) mass is 280 g/mol. The molecule has 0 fully saturated rings. The molecule has 0 radical (unpaired) electrons. The van der Waals surface area contributed by atoms with Crippen molar-refractivity contribution in [2.24, 2.45) is 0 Å². The summed E-state index contributed by atoms with van der Waals surface area (Å²) in [5.41, 5.74) is 3.84. The van der Waals surface area contributed by atoms with E-state index in [1.165, 1.54) is 7.11 Å². The number of ether oxygens (including phenoxy) is 2. The highest BCUT2D eigenvalue weighted by Crippen LogP contribution is 2.40. The highest BCUT2D eigenvalue weighted by molar-refractivity contribution is 6.18. The number of hydrogen-bond acceptors (Lipinski definition) is 3. The number of benzene rings is 2. The van der Waals surface area contributed by atoms with E-state index in [4.69, 9.17) is 9.47 Å². The zero-order chi connectivity index (χ0) is 14.8. The summed E-state index contributed by atoms with van der Waals surface area (Å²) in [7, 11) is 3.06. The van der Waals surface area contributed by atoms with Crippen LogP contribution in [0.1, 0.15) is 22.6 Å². The molecule has 1 unspecified atom stereocenters. The number of carbonyl (C=O) groups excluding carboxylic acids is 1. The molecule has 3 nitrogen and oxygen atoms in total. The number of rotatable bonds is 3. The molecule has 0 bridgehead atoms. The van der Waals surface area contributed by atoms with Crippen molar-refractivity contribution < 1.29 is 14.3 Å². The third-order valence-corrected chi connectivity index (χ3v) is 3.80. The molecule has 3 rings (SSSR count). The minimum absolute atomic E-state index is 0.0706. The van der Waals surface area contributed by atoms with Crippen molar-refractivity contribution in [3.63, 3.8) is 0 Å². The van der Waals surface area contributed by atoms with E-state index in [2.05, 4.69) is 6.07 Å². The van der Waals surface area contributed by atoms with E-state index in [-0.39, 0.29) is 11.9 Å². The fourth-order valence-corrected chi connectivity index (χ4v) is 2.73. The molecule has 106 valence electrons. The SMILES string of the molecule is COC(=O)C1=CC(c2ccc(OC)cc2)c2ccccc21. The van der Waals surface area contributed by atoms with Gasteiger partial charge >= 0.3 is 5.97 Å². The molecule has 0 amide bonds. The number of fused-ring (bicyclic) bond motifs is 1. The summed E-state index contributed by atoms with van der Waals surface area (Å²) in [5.74, 6) is 0.599. The Balaban J connectivity index is 2.06. The van der Waals surface area contributed by atoms with Crippen LogP contribution in [0.25, 0.3) is 5.57 Å². The molecule has 0 saturated heterocycles. The minimum atomic E-state index is -0.293. The van der Waals surface area contributed by atoms with Crippen molar-refractivity contribution >= 4 is 11.5 Å². The molecule has 1 aliphatic rings. The third-order valence-electron chi connectivity index (χ3n) is 3.80. The second-order valence-electron chi connectivity index (χ2n) is 4.91. The van der Waals surface area contributed by atoms with Crippen molar-refractivity contribution in [3.05, 3.63) is 71.3 Å². The van der Waals surface area contributed by atoms with Gasteiger partial charge in [-0.15, -0.1) is 0 Å². The van der Waals surface area contributed by atoms with Crippen LogP contribution in [0.5, 0.6) is 5.75 Å². The molecule has 2 aromatic carbocycles. The number of hydrogen-bond donors (Lipinski definition) is 0.